The first kappa shape index (κ1) is 12.0. The van der Waals surface area contributed by atoms with Crippen molar-refractivity contribution in [2.24, 2.45) is 16.8 Å². The van der Waals surface area contributed by atoms with E-state index in [1.54, 1.807) is 4.57 Å². The summed E-state index contributed by atoms with van der Waals surface area (Å²) >= 11 is 1.44. The third-order valence-corrected chi connectivity index (χ3v) is 3.88. The van der Waals surface area contributed by atoms with Gasteiger partial charge in [-0.2, -0.15) is 0 Å². The number of aromatic amines is 1. The van der Waals surface area contributed by atoms with Crippen molar-refractivity contribution in [1.29, 1.82) is 0 Å². The highest BCUT2D eigenvalue weighted by Crippen LogP contribution is 2.36. The molecule has 0 saturated heterocycles. The number of oxime groups is 1. The average Bonchev–Trinajstić information content (AvgIpc) is 3.09. The molecule has 2 rings (SSSR count). The van der Waals surface area contributed by atoms with Gasteiger partial charge in [0.2, 0.25) is 0 Å². The van der Waals surface area contributed by atoms with Gasteiger partial charge in [-0.1, -0.05) is 23.8 Å². The van der Waals surface area contributed by atoms with Gasteiger partial charge in [-0.25, -0.2) is 9.89 Å². The number of amidine groups is 1. The molecule has 0 spiro atoms. The molecule has 0 aliphatic heterocycles. The molecule has 0 aromatic carbocycles. The summed E-state index contributed by atoms with van der Waals surface area (Å²) in [4.78, 5) is 11.5. The molecule has 1 fully saturated rings. The SMILES string of the molecule is CC(CSc1n[nH]c(=O)n1C1CC1)C(N)=NO. The van der Waals surface area contributed by atoms with Gasteiger partial charge in [0.15, 0.2) is 5.16 Å². The lowest BCUT2D eigenvalue weighted by molar-refractivity contribution is 0.315. The molecule has 1 atom stereocenters. The lowest BCUT2D eigenvalue weighted by atomic mass is 10.2. The number of H-pyrrole nitrogens is 1. The van der Waals surface area contributed by atoms with E-state index in [0.29, 0.717) is 17.0 Å². The largest absolute Gasteiger partial charge is 0.409 e. The van der Waals surface area contributed by atoms with Crippen LogP contribution < -0.4 is 11.4 Å². The lowest BCUT2D eigenvalue weighted by Gasteiger charge is -2.08. The third kappa shape index (κ3) is 2.63. The van der Waals surface area contributed by atoms with E-state index in [-0.39, 0.29) is 17.4 Å². The Balaban J connectivity index is 2.02. The Morgan fingerprint density at radius 1 is 1.82 bits per heavy atom. The third-order valence-electron chi connectivity index (χ3n) is 2.67. The minimum absolute atomic E-state index is 0.0653. The predicted molar refractivity (Wildman–Crippen MR) is 64.4 cm³/mol. The number of nitrogens with one attached hydrogen (secondary N) is 1. The van der Waals surface area contributed by atoms with Gasteiger partial charge in [0.25, 0.3) is 0 Å². The van der Waals surface area contributed by atoms with E-state index in [9.17, 15) is 4.79 Å². The molecule has 7 nitrogen and oxygen atoms in total. The van der Waals surface area contributed by atoms with Crippen LogP contribution in [0.3, 0.4) is 0 Å². The van der Waals surface area contributed by atoms with Crippen LogP contribution in [0.15, 0.2) is 15.1 Å². The molecule has 1 saturated carbocycles. The van der Waals surface area contributed by atoms with Crippen molar-refractivity contribution in [3.63, 3.8) is 0 Å². The fourth-order valence-electron chi connectivity index (χ4n) is 1.43. The van der Waals surface area contributed by atoms with E-state index in [4.69, 9.17) is 10.9 Å². The number of rotatable bonds is 5. The summed E-state index contributed by atoms with van der Waals surface area (Å²) in [6.45, 7) is 1.86. The van der Waals surface area contributed by atoms with Gasteiger partial charge in [0.1, 0.15) is 5.84 Å². The van der Waals surface area contributed by atoms with Gasteiger partial charge >= 0.3 is 5.69 Å². The number of nitrogens with two attached hydrogens (primary N) is 1. The molecule has 0 radical (unpaired) electrons. The molecule has 1 unspecified atom stereocenters. The molecule has 17 heavy (non-hydrogen) atoms. The number of thioether (sulfide) groups is 1. The summed E-state index contributed by atoms with van der Waals surface area (Å²) in [5, 5.41) is 18.6. The minimum atomic E-state index is -0.161. The highest BCUT2D eigenvalue weighted by atomic mass is 32.2. The number of hydrogen-bond donors (Lipinski definition) is 3. The van der Waals surface area contributed by atoms with Crippen molar-refractivity contribution in [1.82, 2.24) is 14.8 Å². The predicted octanol–water partition coefficient (Wildman–Crippen LogP) is 0.381. The van der Waals surface area contributed by atoms with Crippen LogP contribution in [-0.2, 0) is 0 Å². The summed E-state index contributed by atoms with van der Waals surface area (Å²) in [6, 6.07) is 0.294. The van der Waals surface area contributed by atoms with Crippen LogP contribution in [0.25, 0.3) is 0 Å². The zero-order valence-corrected chi connectivity index (χ0v) is 10.3. The van der Waals surface area contributed by atoms with Crippen molar-refractivity contribution in [2.75, 3.05) is 5.75 Å². The van der Waals surface area contributed by atoms with Gasteiger partial charge in [-0.05, 0) is 12.8 Å². The number of hydrogen-bond acceptors (Lipinski definition) is 5. The second-order valence-corrected chi connectivity index (χ2v) is 5.14. The second kappa shape index (κ2) is 4.82. The molecule has 1 aromatic rings. The van der Waals surface area contributed by atoms with Crippen LogP contribution in [0.4, 0.5) is 0 Å². The van der Waals surface area contributed by atoms with Crippen LogP contribution in [-0.4, -0.2) is 31.6 Å². The quantitative estimate of drug-likeness (QED) is 0.232. The molecular weight excluding hydrogens is 242 g/mol. The first-order valence-electron chi connectivity index (χ1n) is 5.40. The maximum atomic E-state index is 11.5. The Morgan fingerprint density at radius 2 is 2.53 bits per heavy atom. The van der Waals surface area contributed by atoms with Crippen LogP contribution in [0.2, 0.25) is 0 Å². The number of aromatic nitrogens is 3. The highest BCUT2D eigenvalue weighted by molar-refractivity contribution is 7.99. The molecule has 94 valence electrons. The van der Waals surface area contributed by atoms with Crippen molar-refractivity contribution in [3.8, 4) is 0 Å². The van der Waals surface area contributed by atoms with Gasteiger partial charge in [0, 0.05) is 17.7 Å². The summed E-state index contributed by atoms with van der Waals surface area (Å²) in [5.41, 5.74) is 5.33. The Bertz CT molecular complexity index is 476. The van der Waals surface area contributed by atoms with E-state index in [2.05, 4.69) is 15.4 Å². The van der Waals surface area contributed by atoms with Crippen molar-refractivity contribution in [3.05, 3.63) is 10.5 Å². The first-order chi connectivity index (χ1) is 8.13. The zero-order valence-electron chi connectivity index (χ0n) is 9.46. The Labute approximate surface area is 102 Å². The van der Waals surface area contributed by atoms with Crippen LogP contribution >= 0.6 is 11.8 Å². The van der Waals surface area contributed by atoms with Gasteiger partial charge in [0.05, 0.1) is 0 Å². The van der Waals surface area contributed by atoms with Gasteiger partial charge < -0.3 is 10.9 Å². The molecule has 1 aliphatic rings. The Kier molecular flexibility index (Phi) is 3.41. The summed E-state index contributed by atoms with van der Waals surface area (Å²) in [7, 11) is 0. The summed E-state index contributed by atoms with van der Waals surface area (Å²) < 4.78 is 1.68. The molecular formula is C9H15N5O2S. The summed E-state index contributed by atoms with van der Waals surface area (Å²) in [5.74, 6) is 0.741. The van der Waals surface area contributed by atoms with Crippen LogP contribution in [0.1, 0.15) is 25.8 Å². The fourth-order valence-corrected chi connectivity index (χ4v) is 2.48. The maximum Gasteiger partial charge on any atom is 0.344 e. The van der Waals surface area contributed by atoms with Crippen molar-refractivity contribution in [2.45, 2.75) is 31.0 Å². The topological polar surface area (TPSA) is 109 Å². The average molecular weight is 257 g/mol. The standard InChI is InChI=1S/C9H15N5O2S/c1-5(7(10)13-16)4-17-9-12-11-8(15)14(9)6-2-3-6/h5-6,16H,2-4H2,1H3,(H2,10,13)(H,11,15). The molecule has 1 aromatic heterocycles. The van der Waals surface area contributed by atoms with E-state index >= 15 is 0 Å². The molecule has 1 heterocycles. The maximum absolute atomic E-state index is 11.5. The molecule has 0 bridgehead atoms. The van der Waals surface area contributed by atoms with Crippen LogP contribution in [0, 0.1) is 5.92 Å². The molecule has 4 N–H and O–H groups in total. The highest BCUT2D eigenvalue weighted by Gasteiger charge is 2.28. The molecule has 8 heteroatoms. The Morgan fingerprint density at radius 3 is 3.12 bits per heavy atom. The van der Waals surface area contributed by atoms with Crippen molar-refractivity contribution >= 4 is 17.6 Å². The van der Waals surface area contributed by atoms with E-state index < -0.39 is 0 Å². The monoisotopic (exact) mass is 257 g/mol. The Hall–Kier alpha value is -1.44. The van der Waals surface area contributed by atoms with Crippen LogP contribution in [0.5, 0.6) is 0 Å². The second-order valence-electron chi connectivity index (χ2n) is 4.15. The normalized spacial score (nSPS) is 18.3. The minimum Gasteiger partial charge on any atom is -0.409 e. The van der Waals surface area contributed by atoms with E-state index in [0.717, 1.165) is 12.8 Å². The first-order valence-corrected chi connectivity index (χ1v) is 6.39. The van der Waals surface area contributed by atoms with E-state index in [1.807, 2.05) is 6.92 Å². The van der Waals surface area contributed by atoms with Gasteiger partial charge in [-0.3, -0.25) is 4.57 Å². The smallest absolute Gasteiger partial charge is 0.344 e. The fraction of sp³-hybridized carbons (Fsp3) is 0.667. The van der Waals surface area contributed by atoms with E-state index in [1.165, 1.54) is 11.8 Å². The lowest BCUT2D eigenvalue weighted by Crippen LogP contribution is -2.23. The molecule has 0 amide bonds. The van der Waals surface area contributed by atoms with Crippen molar-refractivity contribution < 1.29 is 5.21 Å². The zero-order chi connectivity index (χ0) is 12.4. The van der Waals surface area contributed by atoms with Gasteiger partial charge in [-0.15, -0.1) is 5.10 Å². The molecule has 1 aliphatic carbocycles. The summed E-state index contributed by atoms with van der Waals surface area (Å²) in [6.07, 6.45) is 2.06. The number of nitrogens with zero attached hydrogens (tertiary/aromatic N) is 3.